The number of rotatable bonds is 3. The number of aromatic nitrogens is 1. The van der Waals surface area contributed by atoms with Crippen LogP contribution in [0.1, 0.15) is 16.8 Å². The van der Waals surface area contributed by atoms with Crippen LogP contribution in [0.4, 0.5) is 4.39 Å². The van der Waals surface area contributed by atoms with E-state index in [1.165, 1.54) is 17.8 Å². The van der Waals surface area contributed by atoms with Crippen molar-refractivity contribution in [3.05, 3.63) is 41.5 Å². The quantitative estimate of drug-likeness (QED) is 0.605. The summed E-state index contributed by atoms with van der Waals surface area (Å²) < 4.78 is 18.0. The molecule has 0 saturated carbocycles. The molecule has 0 aliphatic carbocycles. The van der Waals surface area contributed by atoms with Gasteiger partial charge in [-0.3, -0.25) is 4.79 Å². The van der Waals surface area contributed by atoms with Crippen molar-refractivity contribution >= 4 is 5.91 Å². The third kappa shape index (κ3) is 2.92. The summed E-state index contributed by atoms with van der Waals surface area (Å²) >= 11 is 0. The fraction of sp³-hybridized carbons (Fsp3) is 0.385. The molecule has 0 N–H and O–H groups in total. The van der Waals surface area contributed by atoms with Gasteiger partial charge in [0.25, 0.3) is 5.91 Å². The molecule has 0 bridgehead atoms. The Balaban J connectivity index is 2.04. The van der Waals surface area contributed by atoms with E-state index in [1.54, 1.807) is 12.0 Å². The van der Waals surface area contributed by atoms with Crippen LogP contribution in [-0.4, -0.2) is 42.6 Å². The second-order valence-electron chi connectivity index (χ2n) is 4.16. The third-order valence-corrected chi connectivity index (χ3v) is 2.89. The highest BCUT2D eigenvalue weighted by Crippen LogP contribution is 2.14. The summed E-state index contributed by atoms with van der Waals surface area (Å²) in [7, 11) is 1.65. The number of hydrogen-bond donors (Lipinski definition) is 0. The van der Waals surface area contributed by atoms with Crippen molar-refractivity contribution in [3.8, 4) is 0 Å². The van der Waals surface area contributed by atoms with Gasteiger partial charge in [0.05, 0.1) is 6.61 Å². The first-order valence-electron chi connectivity index (χ1n) is 5.78. The summed E-state index contributed by atoms with van der Waals surface area (Å²) in [6.45, 7) is 1.78. The minimum absolute atomic E-state index is 0.163. The molecule has 1 amide bonds. The topological polar surface area (TPSA) is 42.4 Å². The Hall–Kier alpha value is -1.75. The van der Waals surface area contributed by atoms with Crippen molar-refractivity contribution in [1.82, 2.24) is 9.88 Å². The van der Waals surface area contributed by atoms with Gasteiger partial charge >= 0.3 is 0 Å². The molecule has 0 saturated heterocycles. The van der Waals surface area contributed by atoms with E-state index in [4.69, 9.17) is 4.74 Å². The van der Waals surface area contributed by atoms with E-state index in [-0.39, 0.29) is 5.91 Å². The molecule has 96 valence electrons. The van der Waals surface area contributed by atoms with Gasteiger partial charge in [-0.15, -0.1) is 0 Å². The normalized spacial score (nSPS) is 15.4. The highest BCUT2D eigenvalue weighted by molar-refractivity contribution is 5.94. The van der Waals surface area contributed by atoms with Crippen LogP contribution in [0.25, 0.3) is 0 Å². The predicted octanol–water partition coefficient (Wildman–Crippen LogP) is 1.64. The number of carbonyl (C=O) groups is 1. The van der Waals surface area contributed by atoms with E-state index in [1.807, 2.05) is 6.08 Å². The van der Waals surface area contributed by atoms with Gasteiger partial charge in [-0.2, -0.15) is 4.39 Å². The van der Waals surface area contributed by atoms with Crippen molar-refractivity contribution in [2.45, 2.75) is 6.42 Å². The van der Waals surface area contributed by atoms with Gasteiger partial charge in [0, 0.05) is 38.0 Å². The van der Waals surface area contributed by atoms with Gasteiger partial charge in [-0.1, -0.05) is 6.08 Å². The van der Waals surface area contributed by atoms with Gasteiger partial charge in [0.1, 0.15) is 0 Å². The van der Waals surface area contributed by atoms with Crippen molar-refractivity contribution in [3.63, 3.8) is 0 Å². The van der Waals surface area contributed by atoms with Gasteiger partial charge in [0.15, 0.2) is 0 Å². The molecular formula is C13H15FN2O2. The summed E-state index contributed by atoms with van der Waals surface area (Å²) in [6, 6.07) is 2.69. The Kier molecular flexibility index (Phi) is 4.04. The van der Waals surface area contributed by atoms with Crippen molar-refractivity contribution in [2.24, 2.45) is 0 Å². The molecular weight excluding hydrogens is 235 g/mol. The number of methoxy groups -OCH3 is 1. The summed E-state index contributed by atoms with van der Waals surface area (Å²) in [6.07, 6.45) is 4.09. The van der Waals surface area contributed by atoms with Crippen LogP contribution >= 0.6 is 0 Å². The molecule has 0 unspecified atom stereocenters. The maximum absolute atomic E-state index is 12.9. The van der Waals surface area contributed by atoms with Crippen molar-refractivity contribution < 1.29 is 13.9 Å². The van der Waals surface area contributed by atoms with Gasteiger partial charge in [0.2, 0.25) is 5.95 Å². The van der Waals surface area contributed by atoms with Crippen molar-refractivity contribution in [1.29, 1.82) is 0 Å². The predicted molar refractivity (Wildman–Crippen MR) is 64.7 cm³/mol. The first-order chi connectivity index (χ1) is 8.70. The lowest BCUT2D eigenvalue weighted by atomic mass is 10.1. The first kappa shape index (κ1) is 12.7. The molecule has 1 aliphatic rings. The molecule has 1 aliphatic heterocycles. The Labute approximate surface area is 105 Å². The minimum Gasteiger partial charge on any atom is -0.380 e. The van der Waals surface area contributed by atoms with Crippen LogP contribution in [0.15, 0.2) is 30.0 Å². The number of carbonyl (C=O) groups excluding carboxylic acids is 1. The van der Waals surface area contributed by atoms with Crippen LogP contribution < -0.4 is 0 Å². The molecule has 1 aromatic heterocycles. The van der Waals surface area contributed by atoms with Crippen LogP contribution in [-0.2, 0) is 4.74 Å². The van der Waals surface area contributed by atoms with Crippen LogP contribution in [0.3, 0.4) is 0 Å². The summed E-state index contributed by atoms with van der Waals surface area (Å²) in [5, 5.41) is 0. The van der Waals surface area contributed by atoms with Gasteiger partial charge in [-0.25, -0.2) is 4.98 Å². The molecule has 0 fully saturated rings. The zero-order chi connectivity index (χ0) is 13.0. The number of hydrogen-bond acceptors (Lipinski definition) is 3. The zero-order valence-corrected chi connectivity index (χ0v) is 10.2. The lowest BCUT2D eigenvalue weighted by Gasteiger charge is -2.26. The number of nitrogens with zero attached hydrogens (tertiary/aromatic N) is 2. The fourth-order valence-corrected chi connectivity index (χ4v) is 1.93. The average molecular weight is 250 g/mol. The Morgan fingerprint density at radius 2 is 2.44 bits per heavy atom. The standard InChI is InChI=1S/C13H15FN2O2/c1-18-9-10-3-6-16(7-4-10)13(17)11-2-5-15-12(14)8-11/h2-3,5,8H,4,6-7,9H2,1H3. The maximum Gasteiger partial charge on any atom is 0.254 e. The average Bonchev–Trinajstić information content (AvgIpc) is 2.39. The summed E-state index contributed by atoms with van der Waals surface area (Å²) in [5.74, 6) is -0.794. The summed E-state index contributed by atoms with van der Waals surface area (Å²) in [4.78, 5) is 17.2. The third-order valence-electron chi connectivity index (χ3n) is 2.89. The number of halogens is 1. The molecule has 0 atom stereocenters. The molecule has 2 rings (SSSR count). The highest BCUT2D eigenvalue weighted by Gasteiger charge is 2.18. The monoisotopic (exact) mass is 250 g/mol. The smallest absolute Gasteiger partial charge is 0.254 e. The van der Waals surface area contributed by atoms with E-state index >= 15 is 0 Å². The lowest BCUT2D eigenvalue weighted by molar-refractivity contribution is 0.0764. The summed E-state index contributed by atoms with van der Waals surface area (Å²) in [5.41, 5.74) is 1.54. The largest absolute Gasteiger partial charge is 0.380 e. The first-order valence-corrected chi connectivity index (χ1v) is 5.78. The second kappa shape index (κ2) is 5.73. The molecule has 0 spiro atoms. The van der Waals surface area contributed by atoms with Crippen LogP contribution in [0, 0.1) is 5.95 Å². The zero-order valence-electron chi connectivity index (χ0n) is 10.2. The van der Waals surface area contributed by atoms with E-state index < -0.39 is 5.95 Å². The molecule has 5 heteroatoms. The number of amides is 1. The Morgan fingerprint density at radius 1 is 1.61 bits per heavy atom. The maximum atomic E-state index is 12.9. The van der Waals surface area contributed by atoms with E-state index in [2.05, 4.69) is 4.98 Å². The molecule has 2 heterocycles. The van der Waals surface area contributed by atoms with E-state index in [0.717, 1.165) is 12.5 Å². The molecule has 4 nitrogen and oxygen atoms in total. The minimum atomic E-state index is -0.631. The second-order valence-corrected chi connectivity index (χ2v) is 4.16. The van der Waals surface area contributed by atoms with Gasteiger partial charge in [-0.05, 0) is 18.1 Å². The number of pyridine rings is 1. The van der Waals surface area contributed by atoms with Crippen LogP contribution in [0.5, 0.6) is 0 Å². The van der Waals surface area contributed by atoms with Crippen LogP contribution in [0.2, 0.25) is 0 Å². The van der Waals surface area contributed by atoms with E-state index in [9.17, 15) is 9.18 Å². The van der Waals surface area contributed by atoms with Crippen molar-refractivity contribution in [2.75, 3.05) is 26.8 Å². The SMILES string of the molecule is COCC1=CCN(C(=O)c2ccnc(F)c2)CC1. The Morgan fingerprint density at radius 3 is 3.06 bits per heavy atom. The Bertz CT molecular complexity index is 474. The molecule has 18 heavy (non-hydrogen) atoms. The van der Waals surface area contributed by atoms with Gasteiger partial charge < -0.3 is 9.64 Å². The lowest BCUT2D eigenvalue weighted by Crippen LogP contribution is -2.35. The molecule has 0 aromatic carbocycles. The highest BCUT2D eigenvalue weighted by atomic mass is 19.1. The fourth-order valence-electron chi connectivity index (χ4n) is 1.93. The molecule has 0 radical (unpaired) electrons. The number of ether oxygens (including phenoxy) is 1. The molecule has 1 aromatic rings. The van der Waals surface area contributed by atoms with E-state index in [0.29, 0.717) is 25.3 Å².